The highest BCUT2D eigenvalue weighted by Crippen LogP contribution is 2.26. The van der Waals surface area contributed by atoms with Gasteiger partial charge in [0.2, 0.25) is 0 Å². The third-order valence-electron chi connectivity index (χ3n) is 2.59. The molecule has 0 atom stereocenters. The van der Waals surface area contributed by atoms with E-state index in [-0.39, 0.29) is 23.0 Å². The molecule has 0 heterocycles. The number of halogens is 2. The quantitative estimate of drug-likeness (QED) is 0.510. The van der Waals surface area contributed by atoms with Crippen molar-refractivity contribution in [3.05, 3.63) is 65.2 Å². The van der Waals surface area contributed by atoms with Crippen LogP contribution in [0.4, 0.5) is 8.78 Å². The molecule has 0 radical (unpaired) electrons. The van der Waals surface area contributed by atoms with Crippen LogP contribution in [0.5, 0.6) is 0 Å². The standard InChI is InChI=1S/C14H12F2N2S/c15-11-6-1-2-7-12(11)19-8-9-4-3-5-10(13(9)16)14(17)18/h1-7H,8H2,(H3,17,18). The highest BCUT2D eigenvalue weighted by molar-refractivity contribution is 7.98. The van der Waals surface area contributed by atoms with Gasteiger partial charge >= 0.3 is 0 Å². The van der Waals surface area contributed by atoms with Gasteiger partial charge in [0.25, 0.3) is 0 Å². The summed E-state index contributed by atoms with van der Waals surface area (Å²) in [5.74, 6) is -0.863. The van der Waals surface area contributed by atoms with Crippen LogP contribution in [0.1, 0.15) is 11.1 Å². The lowest BCUT2D eigenvalue weighted by Gasteiger charge is -2.07. The third-order valence-corrected chi connectivity index (χ3v) is 3.69. The van der Waals surface area contributed by atoms with Crippen LogP contribution >= 0.6 is 11.8 Å². The number of rotatable bonds is 4. The Hall–Kier alpha value is -1.88. The molecule has 0 aliphatic heterocycles. The summed E-state index contributed by atoms with van der Waals surface area (Å²) in [6.45, 7) is 0. The first-order valence-corrected chi connectivity index (χ1v) is 6.57. The van der Waals surface area contributed by atoms with Crippen molar-refractivity contribution in [1.29, 1.82) is 5.41 Å². The number of nitrogen functional groups attached to an aromatic ring is 1. The fourth-order valence-corrected chi connectivity index (χ4v) is 2.53. The highest BCUT2D eigenvalue weighted by atomic mass is 32.2. The second kappa shape index (κ2) is 5.84. The van der Waals surface area contributed by atoms with Crippen LogP contribution in [0.3, 0.4) is 0 Å². The smallest absolute Gasteiger partial charge is 0.138 e. The Balaban J connectivity index is 2.19. The van der Waals surface area contributed by atoms with Crippen molar-refractivity contribution in [3.8, 4) is 0 Å². The Bertz CT molecular complexity index is 614. The lowest BCUT2D eigenvalue weighted by molar-refractivity contribution is 0.601. The second-order valence-electron chi connectivity index (χ2n) is 3.91. The summed E-state index contributed by atoms with van der Waals surface area (Å²) >= 11 is 1.21. The van der Waals surface area contributed by atoms with Crippen molar-refractivity contribution >= 4 is 17.6 Å². The number of nitrogens with two attached hydrogens (primary N) is 1. The van der Waals surface area contributed by atoms with Gasteiger partial charge in [-0.1, -0.05) is 24.3 Å². The maximum absolute atomic E-state index is 14.0. The molecule has 2 aromatic rings. The van der Waals surface area contributed by atoms with Crippen LogP contribution < -0.4 is 5.73 Å². The second-order valence-corrected chi connectivity index (χ2v) is 4.93. The Labute approximate surface area is 114 Å². The van der Waals surface area contributed by atoms with Crippen LogP contribution in [0.15, 0.2) is 47.4 Å². The monoisotopic (exact) mass is 278 g/mol. The summed E-state index contributed by atoms with van der Waals surface area (Å²) in [4.78, 5) is 0.468. The van der Waals surface area contributed by atoms with Gasteiger partial charge in [-0.15, -0.1) is 11.8 Å². The normalized spacial score (nSPS) is 10.4. The number of amidine groups is 1. The van der Waals surface area contributed by atoms with Gasteiger partial charge in [0.15, 0.2) is 0 Å². The predicted molar refractivity (Wildman–Crippen MR) is 73.4 cm³/mol. The average Bonchev–Trinajstić information content (AvgIpc) is 2.39. The van der Waals surface area contributed by atoms with Crippen molar-refractivity contribution in [2.45, 2.75) is 10.6 Å². The zero-order valence-corrected chi connectivity index (χ0v) is 10.8. The SMILES string of the molecule is N=C(N)c1cccc(CSc2ccccc2F)c1F. The Morgan fingerprint density at radius 1 is 1.11 bits per heavy atom. The summed E-state index contributed by atoms with van der Waals surface area (Å²) in [7, 11) is 0. The van der Waals surface area contributed by atoms with Gasteiger partial charge in [-0.25, -0.2) is 8.78 Å². The van der Waals surface area contributed by atoms with E-state index in [4.69, 9.17) is 11.1 Å². The molecule has 0 aliphatic rings. The molecule has 3 N–H and O–H groups in total. The number of thioether (sulfide) groups is 1. The van der Waals surface area contributed by atoms with Crippen molar-refractivity contribution < 1.29 is 8.78 Å². The van der Waals surface area contributed by atoms with Crippen molar-refractivity contribution in [3.63, 3.8) is 0 Å². The van der Waals surface area contributed by atoms with E-state index in [9.17, 15) is 8.78 Å². The molecule has 0 amide bonds. The van der Waals surface area contributed by atoms with Gasteiger partial charge in [0, 0.05) is 10.6 Å². The van der Waals surface area contributed by atoms with Crippen molar-refractivity contribution in [2.75, 3.05) is 0 Å². The molecular weight excluding hydrogens is 266 g/mol. The van der Waals surface area contributed by atoms with E-state index in [0.717, 1.165) is 0 Å². The summed E-state index contributed by atoms with van der Waals surface area (Å²) in [6.07, 6.45) is 0. The van der Waals surface area contributed by atoms with Crippen molar-refractivity contribution in [1.82, 2.24) is 0 Å². The molecule has 0 saturated carbocycles. The molecule has 2 aromatic carbocycles. The molecule has 2 rings (SSSR count). The van der Waals surface area contributed by atoms with E-state index in [2.05, 4.69) is 0 Å². The van der Waals surface area contributed by atoms with Gasteiger partial charge in [0.1, 0.15) is 17.5 Å². The van der Waals surface area contributed by atoms with E-state index < -0.39 is 5.82 Å². The Morgan fingerprint density at radius 2 is 1.84 bits per heavy atom. The van der Waals surface area contributed by atoms with E-state index in [0.29, 0.717) is 10.5 Å². The first-order chi connectivity index (χ1) is 9.09. The lowest BCUT2D eigenvalue weighted by atomic mass is 10.1. The number of hydrogen-bond acceptors (Lipinski definition) is 2. The zero-order valence-electron chi connectivity index (χ0n) is 9.99. The minimum atomic E-state index is -0.515. The van der Waals surface area contributed by atoms with E-state index in [1.165, 1.54) is 23.9 Å². The third kappa shape index (κ3) is 3.12. The average molecular weight is 278 g/mol. The number of hydrogen-bond donors (Lipinski definition) is 2. The van der Waals surface area contributed by atoms with Gasteiger partial charge in [-0.3, -0.25) is 5.41 Å². The van der Waals surface area contributed by atoms with E-state index in [1.807, 2.05) is 0 Å². The molecule has 5 heteroatoms. The minimum absolute atomic E-state index is 0.0756. The molecule has 0 aromatic heterocycles. The maximum atomic E-state index is 14.0. The predicted octanol–water partition coefficient (Wildman–Crippen LogP) is 3.54. The molecular formula is C14H12F2N2S. The molecule has 0 bridgehead atoms. The molecule has 0 unspecified atom stereocenters. The molecule has 0 saturated heterocycles. The molecule has 0 aliphatic carbocycles. The summed E-state index contributed by atoms with van der Waals surface area (Å²) in [5, 5.41) is 7.27. The lowest BCUT2D eigenvalue weighted by Crippen LogP contribution is -2.14. The molecule has 98 valence electrons. The minimum Gasteiger partial charge on any atom is -0.384 e. The molecule has 0 fully saturated rings. The maximum Gasteiger partial charge on any atom is 0.138 e. The van der Waals surface area contributed by atoms with E-state index >= 15 is 0 Å². The van der Waals surface area contributed by atoms with Crippen LogP contribution in [0.25, 0.3) is 0 Å². The first-order valence-electron chi connectivity index (χ1n) is 5.58. The van der Waals surface area contributed by atoms with Gasteiger partial charge in [0.05, 0.1) is 5.56 Å². The van der Waals surface area contributed by atoms with Crippen LogP contribution in [-0.2, 0) is 5.75 Å². The molecule has 19 heavy (non-hydrogen) atoms. The zero-order chi connectivity index (χ0) is 13.8. The van der Waals surface area contributed by atoms with Crippen molar-refractivity contribution in [2.24, 2.45) is 5.73 Å². The van der Waals surface area contributed by atoms with Gasteiger partial charge in [-0.2, -0.15) is 0 Å². The summed E-state index contributed by atoms with van der Waals surface area (Å²) in [6, 6.07) is 11.0. The van der Waals surface area contributed by atoms with E-state index in [1.54, 1.807) is 30.3 Å². The number of nitrogens with one attached hydrogen (secondary N) is 1. The molecule has 0 spiro atoms. The van der Waals surface area contributed by atoms with Crippen LogP contribution in [0.2, 0.25) is 0 Å². The topological polar surface area (TPSA) is 49.9 Å². The van der Waals surface area contributed by atoms with Crippen LogP contribution in [-0.4, -0.2) is 5.84 Å². The Kier molecular flexibility index (Phi) is 4.16. The number of benzene rings is 2. The van der Waals surface area contributed by atoms with Gasteiger partial charge < -0.3 is 5.73 Å². The fourth-order valence-electron chi connectivity index (χ4n) is 1.62. The van der Waals surface area contributed by atoms with Gasteiger partial charge in [-0.05, 0) is 23.8 Å². The largest absolute Gasteiger partial charge is 0.384 e. The highest BCUT2D eigenvalue weighted by Gasteiger charge is 2.11. The summed E-state index contributed by atoms with van der Waals surface area (Å²) in [5.41, 5.74) is 5.77. The first kappa shape index (κ1) is 13.5. The summed E-state index contributed by atoms with van der Waals surface area (Å²) < 4.78 is 27.4. The Morgan fingerprint density at radius 3 is 2.53 bits per heavy atom. The fraction of sp³-hybridized carbons (Fsp3) is 0.0714. The van der Waals surface area contributed by atoms with Crippen LogP contribution in [0, 0.1) is 17.0 Å². The molecule has 2 nitrogen and oxygen atoms in total.